The van der Waals surface area contributed by atoms with E-state index in [0.717, 1.165) is 5.75 Å². The zero-order valence-electron chi connectivity index (χ0n) is 8.50. The van der Waals surface area contributed by atoms with Crippen molar-refractivity contribution in [2.75, 3.05) is 6.61 Å². The van der Waals surface area contributed by atoms with Crippen LogP contribution in [0.1, 0.15) is 18.1 Å². The molecule has 2 N–H and O–H groups in total. The van der Waals surface area contributed by atoms with Crippen molar-refractivity contribution in [3.63, 3.8) is 0 Å². The van der Waals surface area contributed by atoms with E-state index in [1.807, 2.05) is 19.1 Å². The molecule has 0 aliphatic carbocycles. The molecule has 72 valence electrons. The lowest BCUT2D eigenvalue weighted by atomic mass is 10.1. The van der Waals surface area contributed by atoms with Gasteiger partial charge in [-0.3, -0.25) is 0 Å². The first-order valence-corrected chi connectivity index (χ1v) is 4.55. The molecule has 0 radical (unpaired) electrons. The summed E-state index contributed by atoms with van der Waals surface area (Å²) < 4.78 is 5.48. The van der Waals surface area contributed by atoms with E-state index in [9.17, 15) is 0 Å². The Morgan fingerprint density at radius 2 is 2.00 bits per heavy atom. The maximum atomic E-state index is 5.58. The summed E-state index contributed by atoms with van der Waals surface area (Å²) in [6.07, 6.45) is 0. The number of ether oxygens (including phenoxy) is 1. The Hall–Kier alpha value is -1.02. The van der Waals surface area contributed by atoms with Crippen molar-refractivity contribution in [3.8, 4) is 5.75 Å². The zero-order valence-corrected chi connectivity index (χ0v) is 8.50. The van der Waals surface area contributed by atoms with E-state index in [1.165, 1.54) is 11.1 Å². The second-order valence-corrected chi connectivity index (χ2v) is 3.53. The molecule has 0 saturated carbocycles. The Morgan fingerprint density at radius 3 is 2.54 bits per heavy atom. The Labute approximate surface area is 79.7 Å². The molecule has 1 atom stereocenters. The fraction of sp³-hybridized carbons (Fsp3) is 0.455. The van der Waals surface area contributed by atoms with Crippen LogP contribution in [0.3, 0.4) is 0 Å². The van der Waals surface area contributed by atoms with Crippen LogP contribution >= 0.6 is 0 Å². The molecule has 0 bridgehead atoms. The number of hydrogen-bond acceptors (Lipinski definition) is 2. The summed E-state index contributed by atoms with van der Waals surface area (Å²) in [6.45, 7) is 6.67. The maximum Gasteiger partial charge on any atom is 0.119 e. The van der Waals surface area contributed by atoms with Crippen molar-refractivity contribution in [3.05, 3.63) is 29.3 Å². The van der Waals surface area contributed by atoms with Crippen LogP contribution in [-0.2, 0) is 0 Å². The van der Waals surface area contributed by atoms with Crippen LogP contribution in [0, 0.1) is 13.8 Å². The molecule has 2 heteroatoms. The molecule has 0 aromatic heterocycles. The summed E-state index contributed by atoms with van der Waals surface area (Å²) in [6, 6.07) is 6.16. The van der Waals surface area contributed by atoms with E-state index in [1.54, 1.807) is 0 Å². The smallest absolute Gasteiger partial charge is 0.119 e. The van der Waals surface area contributed by atoms with Crippen LogP contribution in [0.4, 0.5) is 0 Å². The third kappa shape index (κ3) is 3.07. The summed E-state index contributed by atoms with van der Waals surface area (Å²) in [4.78, 5) is 0. The number of benzene rings is 1. The van der Waals surface area contributed by atoms with Crippen molar-refractivity contribution < 1.29 is 4.74 Å². The van der Waals surface area contributed by atoms with E-state index in [0.29, 0.717) is 6.61 Å². The first kappa shape index (κ1) is 10.1. The van der Waals surface area contributed by atoms with Gasteiger partial charge in [-0.2, -0.15) is 0 Å². The van der Waals surface area contributed by atoms with E-state index in [2.05, 4.69) is 19.9 Å². The van der Waals surface area contributed by atoms with Gasteiger partial charge in [0.2, 0.25) is 0 Å². The molecule has 0 fully saturated rings. The summed E-state index contributed by atoms with van der Waals surface area (Å²) in [5.41, 5.74) is 8.12. The van der Waals surface area contributed by atoms with Crippen LogP contribution in [0.25, 0.3) is 0 Å². The Bertz CT molecular complexity index is 281. The molecule has 0 spiro atoms. The number of aryl methyl sites for hydroxylation is 2. The Morgan fingerprint density at radius 1 is 1.31 bits per heavy atom. The van der Waals surface area contributed by atoms with Crippen molar-refractivity contribution in [2.24, 2.45) is 5.73 Å². The van der Waals surface area contributed by atoms with Crippen LogP contribution < -0.4 is 10.5 Å². The van der Waals surface area contributed by atoms with Crippen molar-refractivity contribution in [1.82, 2.24) is 0 Å². The first-order chi connectivity index (χ1) is 6.09. The van der Waals surface area contributed by atoms with Gasteiger partial charge in [0.1, 0.15) is 12.4 Å². The van der Waals surface area contributed by atoms with Gasteiger partial charge in [0.05, 0.1) is 0 Å². The van der Waals surface area contributed by atoms with E-state index in [4.69, 9.17) is 10.5 Å². The third-order valence-electron chi connectivity index (χ3n) is 1.99. The molecule has 1 aromatic carbocycles. The minimum Gasteiger partial charge on any atom is -0.492 e. The standard InChI is InChI=1S/C11H17NO/c1-8-4-5-11(6-9(8)2)13-7-10(3)12/h4-6,10H,7,12H2,1-3H3/t10-/m1/s1. The molecule has 1 rings (SSSR count). The first-order valence-electron chi connectivity index (χ1n) is 4.55. The molecule has 1 aromatic rings. The van der Waals surface area contributed by atoms with E-state index < -0.39 is 0 Å². The highest BCUT2D eigenvalue weighted by Gasteiger charge is 1.98. The normalized spacial score (nSPS) is 12.6. The average molecular weight is 179 g/mol. The predicted molar refractivity (Wildman–Crippen MR) is 55.1 cm³/mol. The highest BCUT2D eigenvalue weighted by Crippen LogP contribution is 2.16. The molecule has 0 saturated heterocycles. The number of nitrogens with two attached hydrogens (primary N) is 1. The second kappa shape index (κ2) is 4.28. The third-order valence-corrected chi connectivity index (χ3v) is 1.99. The second-order valence-electron chi connectivity index (χ2n) is 3.53. The molecule has 0 aliphatic heterocycles. The molecule has 0 heterocycles. The van der Waals surface area contributed by atoms with Crippen molar-refractivity contribution in [2.45, 2.75) is 26.8 Å². The quantitative estimate of drug-likeness (QED) is 0.770. The van der Waals surface area contributed by atoms with Gasteiger partial charge in [-0.15, -0.1) is 0 Å². The van der Waals surface area contributed by atoms with Gasteiger partial charge < -0.3 is 10.5 Å². The molecular weight excluding hydrogens is 162 g/mol. The van der Waals surface area contributed by atoms with Gasteiger partial charge in [0.15, 0.2) is 0 Å². The van der Waals surface area contributed by atoms with Crippen molar-refractivity contribution >= 4 is 0 Å². The lowest BCUT2D eigenvalue weighted by Gasteiger charge is -2.09. The highest BCUT2D eigenvalue weighted by molar-refractivity contribution is 5.33. The zero-order chi connectivity index (χ0) is 9.84. The topological polar surface area (TPSA) is 35.2 Å². The molecule has 0 unspecified atom stereocenters. The van der Waals surface area contributed by atoms with E-state index in [-0.39, 0.29) is 6.04 Å². The summed E-state index contributed by atoms with van der Waals surface area (Å²) in [5, 5.41) is 0. The highest BCUT2D eigenvalue weighted by atomic mass is 16.5. The Kier molecular flexibility index (Phi) is 3.32. The van der Waals surface area contributed by atoms with Crippen LogP contribution in [0.15, 0.2) is 18.2 Å². The summed E-state index contributed by atoms with van der Waals surface area (Å²) in [5.74, 6) is 0.903. The van der Waals surface area contributed by atoms with Crippen molar-refractivity contribution in [1.29, 1.82) is 0 Å². The monoisotopic (exact) mass is 179 g/mol. The Balaban J connectivity index is 2.63. The number of rotatable bonds is 3. The van der Waals surface area contributed by atoms with Gasteiger partial charge in [0, 0.05) is 6.04 Å². The fourth-order valence-electron chi connectivity index (χ4n) is 1.03. The van der Waals surface area contributed by atoms with Crippen LogP contribution in [0.2, 0.25) is 0 Å². The lowest BCUT2D eigenvalue weighted by Crippen LogP contribution is -2.23. The minimum atomic E-state index is 0.0848. The molecular formula is C11H17NO. The van der Waals surface area contributed by atoms with Gasteiger partial charge in [-0.05, 0) is 44.0 Å². The molecule has 0 aliphatic rings. The largest absolute Gasteiger partial charge is 0.492 e. The molecule has 13 heavy (non-hydrogen) atoms. The van der Waals surface area contributed by atoms with E-state index >= 15 is 0 Å². The van der Waals surface area contributed by atoms with Gasteiger partial charge in [0.25, 0.3) is 0 Å². The predicted octanol–water partition coefficient (Wildman–Crippen LogP) is 2.03. The maximum absolute atomic E-state index is 5.58. The molecule has 2 nitrogen and oxygen atoms in total. The van der Waals surface area contributed by atoms with Gasteiger partial charge in [-0.25, -0.2) is 0 Å². The van der Waals surface area contributed by atoms with Gasteiger partial charge >= 0.3 is 0 Å². The van der Waals surface area contributed by atoms with Crippen LogP contribution in [0.5, 0.6) is 5.75 Å². The molecule has 0 amide bonds. The number of hydrogen-bond donors (Lipinski definition) is 1. The summed E-state index contributed by atoms with van der Waals surface area (Å²) >= 11 is 0. The minimum absolute atomic E-state index is 0.0848. The van der Waals surface area contributed by atoms with Gasteiger partial charge in [-0.1, -0.05) is 6.07 Å². The van der Waals surface area contributed by atoms with Crippen LogP contribution in [-0.4, -0.2) is 12.6 Å². The SMILES string of the molecule is Cc1ccc(OC[C@@H](C)N)cc1C. The summed E-state index contributed by atoms with van der Waals surface area (Å²) in [7, 11) is 0. The lowest BCUT2D eigenvalue weighted by molar-refractivity contribution is 0.296. The fourth-order valence-corrected chi connectivity index (χ4v) is 1.03. The average Bonchev–Trinajstić information content (AvgIpc) is 2.07.